The van der Waals surface area contributed by atoms with Gasteiger partial charge in [-0.2, -0.15) is 0 Å². The number of aryl methyl sites for hydroxylation is 1. The Hall–Kier alpha value is -0.830. The molecule has 1 N–H and O–H groups in total. The molecule has 1 aromatic heterocycles. The third-order valence-electron chi connectivity index (χ3n) is 4.13. The summed E-state index contributed by atoms with van der Waals surface area (Å²) in [6.45, 7) is 5.80. The Morgan fingerprint density at radius 1 is 1.41 bits per heavy atom. The van der Waals surface area contributed by atoms with E-state index in [1.165, 1.54) is 25.1 Å². The zero-order valence-electron chi connectivity index (χ0n) is 11.3. The Balaban J connectivity index is 1.76. The minimum Gasteiger partial charge on any atom is -0.338 e. The second-order valence-electron chi connectivity index (χ2n) is 5.66. The summed E-state index contributed by atoms with van der Waals surface area (Å²) in [5.74, 6) is 2.89. The number of imidazole rings is 1. The molecule has 0 aromatic carbocycles. The van der Waals surface area contributed by atoms with Crippen LogP contribution in [0.4, 0.5) is 0 Å². The summed E-state index contributed by atoms with van der Waals surface area (Å²) in [4.78, 5) is 4.36. The maximum atomic E-state index is 4.36. The van der Waals surface area contributed by atoms with Crippen molar-refractivity contribution in [2.45, 2.75) is 45.6 Å². The average molecular weight is 235 g/mol. The van der Waals surface area contributed by atoms with Crippen LogP contribution >= 0.6 is 0 Å². The summed E-state index contributed by atoms with van der Waals surface area (Å²) in [5, 5.41) is 3.71. The molecule has 2 rings (SSSR count). The number of nitrogens with zero attached hydrogens (tertiary/aromatic N) is 2. The van der Waals surface area contributed by atoms with Gasteiger partial charge in [-0.1, -0.05) is 20.3 Å². The SMILES string of the molecule is CC1CCC(C)C(NCCc2nccn2C)C1. The molecule has 1 saturated carbocycles. The predicted octanol–water partition coefficient (Wildman–Crippen LogP) is 2.38. The van der Waals surface area contributed by atoms with Gasteiger partial charge in [0.25, 0.3) is 0 Å². The average Bonchev–Trinajstić information content (AvgIpc) is 2.70. The van der Waals surface area contributed by atoms with Crippen LogP contribution in [0.5, 0.6) is 0 Å². The minimum absolute atomic E-state index is 0.707. The summed E-state index contributed by atoms with van der Waals surface area (Å²) < 4.78 is 2.11. The molecular weight excluding hydrogens is 210 g/mol. The molecule has 3 unspecified atom stereocenters. The summed E-state index contributed by atoms with van der Waals surface area (Å²) >= 11 is 0. The molecule has 0 spiro atoms. The van der Waals surface area contributed by atoms with Gasteiger partial charge in [0.2, 0.25) is 0 Å². The summed E-state index contributed by atoms with van der Waals surface area (Å²) in [6, 6.07) is 0.707. The first kappa shape index (κ1) is 12.6. The highest BCUT2D eigenvalue weighted by Gasteiger charge is 2.24. The van der Waals surface area contributed by atoms with Crippen LogP contribution in [0.25, 0.3) is 0 Å². The van der Waals surface area contributed by atoms with Gasteiger partial charge >= 0.3 is 0 Å². The molecule has 3 atom stereocenters. The summed E-state index contributed by atoms with van der Waals surface area (Å²) in [7, 11) is 2.06. The fourth-order valence-corrected chi connectivity index (χ4v) is 2.82. The van der Waals surface area contributed by atoms with Gasteiger partial charge in [0.05, 0.1) is 0 Å². The second-order valence-corrected chi connectivity index (χ2v) is 5.66. The van der Waals surface area contributed by atoms with Crippen LogP contribution in [0.1, 0.15) is 38.9 Å². The first-order valence-corrected chi connectivity index (χ1v) is 6.86. The first-order valence-electron chi connectivity index (χ1n) is 6.86. The Bertz CT molecular complexity index is 345. The molecule has 0 amide bonds. The molecule has 3 heteroatoms. The van der Waals surface area contributed by atoms with E-state index in [0.29, 0.717) is 6.04 Å². The molecule has 0 aliphatic heterocycles. The van der Waals surface area contributed by atoms with E-state index in [9.17, 15) is 0 Å². The van der Waals surface area contributed by atoms with Crippen LogP contribution in [0.15, 0.2) is 12.4 Å². The maximum absolute atomic E-state index is 4.36. The largest absolute Gasteiger partial charge is 0.338 e. The highest BCUT2D eigenvalue weighted by atomic mass is 15.0. The topological polar surface area (TPSA) is 29.9 Å². The van der Waals surface area contributed by atoms with E-state index in [2.05, 4.69) is 35.8 Å². The van der Waals surface area contributed by atoms with Crippen LogP contribution in [-0.4, -0.2) is 22.1 Å². The predicted molar refractivity (Wildman–Crippen MR) is 70.9 cm³/mol. The van der Waals surface area contributed by atoms with Crippen LogP contribution < -0.4 is 5.32 Å². The lowest BCUT2D eigenvalue weighted by atomic mass is 9.80. The molecular formula is C14H25N3. The van der Waals surface area contributed by atoms with E-state index in [1.54, 1.807) is 0 Å². The second kappa shape index (κ2) is 5.67. The van der Waals surface area contributed by atoms with Crippen LogP contribution in [-0.2, 0) is 13.5 Å². The normalized spacial score (nSPS) is 29.5. The van der Waals surface area contributed by atoms with E-state index >= 15 is 0 Å². The molecule has 17 heavy (non-hydrogen) atoms. The van der Waals surface area contributed by atoms with Crippen molar-refractivity contribution in [2.24, 2.45) is 18.9 Å². The molecule has 1 fully saturated rings. The van der Waals surface area contributed by atoms with E-state index < -0.39 is 0 Å². The highest BCUT2D eigenvalue weighted by Crippen LogP contribution is 2.28. The van der Waals surface area contributed by atoms with Crippen molar-refractivity contribution in [3.63, 3.8) is 0 Å². The fraction of sp³-hybridized carbons (Fsp3) is 0.786. The molecule has 1 aliphatic rings. The zero-order valence-corrected chi connectivity index (χ0v) is 11.3. The van der Waals surface area contributed by atoms with Gasteiger partial charge in [-0.25, -0.2) is 4.98 Å². The Morgan fingerprint density at radius 2 is 2.24 bits per heavy atom. The Labute approximate surface area is 105 Å². The monoisotopic (exact) mass is 235 g/mol. The van der Waals surface area contributed by atoms with Crippen LogP contribution in [0, 0.1) is 11.8 Å². The van der Waals surface area contributed by atoms with E-state index in [0.717, 1.165) is 24.8 Å². The van der Waals surface area contributed by atoms with Gasteiger partial charge in [0.1, 0.15) is 5.82 Å². The number of hydrogen-bond donors (Lipinski definition) is 1. The lowest BCUT2D eigenvalue weighted by Gasteiger charge is -2.33. The molecule has 0 radical (unpaired) electrons. The van der Waals surface area contributed by atoms with E-state index in [-0.39, 0.29) is 0 Å². The fourth-order valence-electron chi connectivity index (χ4n) is 2.82. The summed E-state index contributed by atoms with van der Waals surface area (Å²) in [6.07, 6.45) is 9.03. The summed E-state index contributed by atoms with van der Waals surface area (Å²) in [5.41, 5.74) is 0. The quantitative estimate of drug-likeness (QED) is 0.868. The molecule has 1 aliphatic carbocycles. The van der Waals surface area contributed by atoms with Crippen LogP contribution in [0.3, 0.4) is 0 Å². The van der Waals surface area contributed by atoms with Crippen molar-refractivity contribution in [3.8, 4) is 0 Å². The Morgan fingerprint density at radius 3 is 2.94 bits per heavy atom. The van der Waals surface area contributed by atoms with Gasteiger partial charge in [-0.15, -0.1) is 0 Å². The van der Waals surface area contributed by atoms with E-state index in [4.69, 9.17) is 0 Å². The zero-order chi connectivity index (χ0) is 12.3. The lowest BCUT2D eigenvalue weighted by Crippen LogP contribution is -2.40. The standard InChI is InChI=1S/C14H25N3/c1-11-4-5-12(2)13(10-11)15-7-6-14-16-8-9-17(14)3/h8-9,11-13,15H,4-7,10H2,1-3H3. The lowest BCUT2D eigenvalue weighted by molar-refractivity contribution is 0.229. The van der Waals surface area contributed by atoms with Crippen molar-refractivity contribution in [1.29, 1.82) is 0 Å². The van der Waals surface area contributed by atoms with Gasteiger partial charge in [-0.05, 0) is 24.7 Å². The number of hydrogen-bond acceptors (Lipinski definition) is 2. The Kier molecular flexibility index (Phi) is 4.21. The third-order valence-corrected chi connectivity index (χ3v) is 4.13. The minimum atomic E-state index is 0.707. The van der Waals surface area contributed by atoms with Crippen molar-refractivity contribution in [2.75, 3.05) is 6.54 Å². The molecule has 96 valence electrons. The van der Waals surface area contributed by atoms with Crippen molar-refractivity contribution >= 4 is 0 Å². The smallest absolute Gasteiger partial charge is 0.109 e. The number of nitrogens with one attached hydrogen (secondary N) is 1. The molecule has 0 bridgehead atoms. The molecule has 1 heterocycles. The maximum Gasteiger partial charge on any atom is 0.109 e. The van der Waals surface area contributed by atoms with Gasteiger partial charge < -0.3 is 9.88 Å². The third kappa shape index (κ3) is 3.32. The van der Waals surface area contributed by atoms with Crippen molar-refractivity contribution in [1.82, 2.24) is 14.9 Å². The number of aromatic nitrogens is 2. The van der Waals surface area contributed by atoms with Crippen molar-refractivity contribution < 1.29 is 0 Å². The molecule has 0 saturated heterocycles. The highest BCUT2D eigenvalue weighted by molar-refractivity contribution is 4.92. The van der Waals surface area contributed by atoms with Crippen molar-refractivity contribution in [3.05, 3.63) is 18.2 Å². The number of rotatable bonds is 4. The first-order chi connectivity index (χ1) is 8.16. The molecule has 1 aromatic rings. The van der Waals surface area contributed by atoms with Crippen LogP contribution in [0.2, 0.25) is 0 Å². The van der Waals surface area contributed by atoms with Gasteiger partial charge in [0, 0.05) is 38.4 Å². The van der Waals surface area contributed by atoms with Gasteiger partial charge in [-0.3, -0.25) is 0 Å². The van der Waals surface area contributed by atoms with E-state index in [1.807, 2.05) is 12.4 Å². The molecule has 3 nitrogen and oxygen atoms in total. The van der Waals surface area contributed by atoms with Gasteiger partial charge in [0.15, 0.2) is 0 Å².